The summed E-state index contributed by atoms with van der Waals surface area (Å²) in [6, 6.07) is 10.4. The molecule has 0 saturated heterocycles. The molecular weight excluding hydrogens is 354 g/mol. The second-order valence-corrected chi connectivity index (χ2v) is 8.37. The Kier molecular flexibility index (Phi) is 5.15. The van der Waals surface area contributed by atoms with Gasteiger partial charge in [0.15, 0.2) is 0 Å². The molecule has 0 spiro atoms. The van der Waals surface area contributed by atoms with Crippen molar-refractivity contribution in [2.75, 3.05) is 4.90 Å². The van der Waals surface area contributed by atoms with Crippen LogP contribution in [0.2, 0.25) is 0 Å². The lowest BCUT2D eigenvalue weighted by atomic mass is 9.91. The zero-order valence-electron chi connectivity index (χ0n) is 17.0. The Bertz CT molecular complexity index is 946. The molecule has 0 radical (unpaired) electrons. The molecule has 2 aromatic rings. The van der Waals surface area contributed by atoms with Crippen molar-refractivity contribution in [2.45, 2.75) is 58.7 Å². The van der Waals surface area contributed by atoms with Gasteiger partial charge >= 0.3 is 0 Å². The van der Waals surface area contributed by atoms with E-state index in [-0.39, 0.29) is 17.7 Å². The van der Waals surface area contributed by atoms with Crippen LogP contribution in [0.25, 0.3) is 10.8 Å². The number of carbonyl (C=O) groups excluding carboxylic acids is 3. The van der Waals surface area contributed by atoms with Crippen LogP contribution in [0, 0.1) is 0 Å². The van der Waals surface area contributed by atoms with E-state index in [9.17, 15) is 14.4 Å². The van der Waals surface area contributed by atoms with Crippen LogP contribution >= 0.6 is 0 Å². The molecular formula is C22H27N3O3. The Morgan fingerprint density at radius 1 is 1.14 bits per heavy atom. The van der Waals surface area contributed by atoms with E-state index in [0.29, 0.717) is 6.42 Å². The Hall–Kier alpha value is -2.89. The van der Waals surface area contributed by atoms with Gasteiger partial charge in [0.1, 0.15) is 12.1 Å². The van der Waals surface area contributed by atoms with Crippen LogP contribution in [0.1, 0.15) is 40.2 Å². The molecule has 0 bridgehead atoms. The lowest BCUT2D eigenvalue weighted by molar-refractivity contribution is -0.129. The molecule has 0 unspecified atom stereocenters. The number of benzene rings is 2. The van der Waals surface area contributed by atoms with Crippen LogP contribution in [0.15, 0.2) is 36.4 Å². The normalized spacial score (nSPS) is 17.8. The van der Waals surface area contributed by atoms with Gasteiger partial charge < -0.3 is 10.6 Å². The van der Waals surface area contributed by atoms with Crippen LogP contribution in [-0.4, -0.2) is 35.3 Å². The number of nitrogens with one attached hydrogen (secondary N) is 2. The van der Waals surface area contributed by atoms with Crippen LogP contribution < -0.4 is 15.5 Å². The summed E-state index contributed by atoms with van der Waals surface area (Å²) in [6.07, 6.45) is 0.402. The summed E-state index contributed by atoms with van der Waals surface area (Å²) >= 11 is 0. The van der Waals surface area contributed by atoms with Gasteiger partial charge in [-0.05, 0) is 50.1 Å². The van der Waals surface area contributed by atoms with Crippen molar-refractivity contribution in [2.24, 2.45) is 0 Å². The predicted molar refractivity (Wildman–Crippen MR) is 110 cm³/mol. The van der Waals surface area contributed by atoms with Crippen LogP contribution in [-0.2, 0) is 20.8 Å². The maximum atomic E-state index is 13.2. The minimum Gasteiger partial charge on any atom is -0.350 e. The average Bonchev–Trinajstić information content (AvgIpc) is 2.60. The molecule has 1 heterocycles. The Morgan fingerprint density at radius 2 is 1.82 bits per heavy atom. The van der Waals surface area contributed by atoms with E-state index in [1.165, 1.54) is 11.8 Å². The molecule has 0 aromatic heterocycles. The second kappa shape index (κ2) is 7.26. The fraction of sp³-hybridized carbons (Fsp3) is 0.409. The lowest BCUT2D eigenvalue weighted by Gasteiger charge is -2.38. The van der Waals surface area contributed by atoms with Crippen molar-refractivity contribution in [3.05, 3.63) is 42.0 Å². The maximum absolute atomic E-state index is 13.2. The molecule has 2 aromatic carbocycles. The zero-order valence-corrected chi connectivity index (χ0v) is 17.0. The second-order valence-electron chi connectivity index (χ2n) is 8.37. The van der Waals surface area contributed by atoms with Gasteiger partial charge in [-0.25, -0.2) is 0 Å². The number of rotatable bonds is 3. The molecule has 6 heteroatoms. The zero-order chi connectivity index (χ0) is 20.6. The first kappa shape index (κ1) is 19.9. The van der Waals surface area contributed by atoms with E-state index in [1.807, 2.05) is 57.2 Å². The summed E-state index contributed by atoms with van der Waals surface area (Å²) < 4.78 is 0. The minimum atomic E-state index is -0.705. The molecule has 0 fully saturated rings. The quantitative estimate of drug-likeness (QED) is 0.858. The molecule has 1 aliphatic rings. The van der Waals surface area contributed by atoms with E-state index < -0.39 is 17.6 Å². The van der Waals surface area contributed by atoms with Crippen LogP contribution in [0.5, 0.6) is 0 Å². The first-order valence-corrected chi connectivity index (χ1v) is 9.51. The fourth-order valence-electron chi connectivity index (χ4n) is 3.69. The SMILES string of the molecule is CC(=O)N[C@H]1Cc2c(ccc3ccccc23)N([C@@H](C)C(=O)NC(C)(C)C)C1=O. The van der Waals surface area contributed by atoms with Gasteiger partial charge in [-0.3, -0.25) is 19.3 Å². The number of amides is 3. The largest absolute Gasteiger partial charge is 0.350 e. The molecule has 2 N–H and O–H groups in total. The number of nitrogens with zero attached hydrogens (tertiary/aromatic N) is 1. The summed E-state index contributed by atoms with van der Waals surface area (Å²) in [7, 11) is 0. The third-order valence-corrected chi connectivity index (χ3v) is 4.86. The molecule has 1 aliphatic heterocycles. The smallest absolute Gasteiger partial charge is 0.250 e. The number of carbonyl (C=O) groups is 3. The molecule has 0 aliphatic carbocycles. The predicted octanol–water partition coefficient (Wildman–Crippen LogP) is 2.54. The van der Waals surface area contributed by atoms with E-state index >= 15 is 0 Å². The maximum Gasteiger partial charge on any atom is 0.250 e. The minimum absolute atomic E-state index is 0.233. The average molecular weight is 381 g/mol. The van der Waals surface area contributed by atoms with Gasteiger partial charge in [-0.2, -0.15) is 0 Å². The van der Waals surface area contributed by atoms with E-state index in [0.717, 1.165) is 22.0 Å². The van der Waals surface area contributed by atoms with Crippen molar-refractivity contribution < 1.29 is 14.4 Å². The fourth-order valence-corrected chi connectivity index (χ4v) is 3.69. The first-order chi connectivity index (χ1) is 13.1. The standard InChI is InChI=1S/C22H27N3O3/c1-13(20(27)24-22(3,4)5)25-19-11-10-15-8-6-7-9-16(15)17(19)12-18(21(25)28)23-14(2)26/h6-11,13,18H,12H2,1-5H3,(H,23,26)(H,24,27)/t13-,18-/m0/s1. The number of anilines is 1. The number of fused-ring (bicyclic) bond motifs is 3. The molecule has 148 valence electrons. The third-order valence-electron chi connectivity index (χ3n) is 4.86. The van der Waals surface area contributed by atoms with Gasteiger partial charge in [0.25, 0.3) is 5.91 Å². The molecule has 28 heavy (non-hydrogen) atoms. The highest BCUT2D eigenvalue weighted by atomic mass is 16.2. The lowest BCUT2D eigenvalue weighted by Crippen LogP contribution is -2.59. The molecule has 0 saturated carbocycles. The highest BCUT2D eigenvalue weighted by molar-refractivity contribution is 6.09. The summed E-state index contributed by atoms with van der Waals surface area (Å²) in [6.45, 7) is 8.81. The number of hydrogen-bond donors (Lipinski definition) is 2. The Balaban J connectivity index is 2.10. The first-order valence-electron chi connectivity index (χ1n) is 9.51. The van der Waals surface area contributed by atoms with Crippen LogP contribution in [0.3, 0.4) is 0 Å². The summed E-state index contributed by atoms with van der Waals surface area (Å²) in [5.41, 5.74) is 1.28. The van der Waals surface area contributed by atoms with Crippen molar-refractivity contribution in [1.29, 1.82) is 0 Å². The monoisotopic (exact) mass is 381 g/mol. The highest BCUT2D eigenvalue weighted by Crippen LogP contribution is 2.35. The van der Waals surface area contributed by atoms with E-state index in [4.69, 9.17) is 0 Å². The molecule has 3 amide bonds. The third kappa shape index (κ3) is 3.86. The van der Waals surface area contributed by atoms with Crippen molar-refractivity contribution >= 4 is 34.2 Å². The Labute approximate surface area is 165 Å². The van der Waals surface area contributed by atoms with Crippen LogP contribution in [0.4, 0.5) is 5.69 Å². The highest BCUT2D eigenvalue weighted by Gasteiger charge is 2.39. The van der Waals surface area contributed by atoms with Gasteiger partial charge in [0.2, 0.25) is 11.8 Å². The van der Waals surface area contributed by atoms with Crippen molar-refractivity contribution in [3.8, 4) is 0 Å². The van der Waals surface area contributed by atoms with Gasteiger partial charge in [0, 0.05) is 24.6 Å². The number of hydrogen-bond acceptors (Lipinski definition) is 3. The summed E-state index contributed by atoms with van der Waals surface area (Å²) in [5.74, 6) is -0.772. The van der Waals surface area contributed by atoms with Crippen molar-refractivity contribution in [1.82, 2.24) is 10.6 Å². The van der Waals surface area contributed by atoms with E-state index in [2.05, 4.69) is 10.6 Å². The van der Waals surface area contributed by atoms with Gasteiger partial charge in [0.05, 0.1) is 0 Å². The Morgan fingerprint density at radius 3 is 2.46 bits per heavy atom. The molecule has 6 nitrogen and oxygen atoms in total. The molecule has 2 atom stereocenters. The molecule has 3 rings (SSSR count). The van der Waals surface area contributed by atoms with Crippen molar-refractivity contribution in [3.63, 3.8) is 0 Å². The van der Waals surface area contributed by atoms with Gasteiger partial charge in [-0.1, -0.05) is 30.3 Å². The van der Waals surface area contributed by atoms with Gasteiger partial charge in [-0.15, -0.1) is 0 Å². The van der Waals surface area contributed by atoms with E-state index in [1.54, 1.807) is 6.92 Å². The summed E-state index contributed by atoms with van der Waals surface area (Å²) in [4.78, 5) is 39.2. The summed E-state index contributed by atoms with van der Waals surface area (Å²) in [5, 5.41) is 7.77. The topological polar surface area (TPSA) is 78.5 Å².